The summed E-state index contributed by atoms with van der Waals surface area (Å²) in [6.07, 6.45) is 1.61. The molecule has 178 valence electrons. The van der Waals surface area contributed by atoms with E-state index in [2.05, 4.69) is 10.3 Å². The Balaban J connectivity index is 0.000000212. The van der Waals surface area contributed by atoms with Crippen molar-refractivity contribution < 1.29 is 19.5 Å². The zero-order chi connectivity index (χ0) is 24.9. The summed E-state index contributed by atoms with van der Waals surface area (Å²) >= 11 is 6.85. The third-order valence-corrected chi connectivity index (χ3v) is 5.64. The second kappa shape index (κ2) is 19.2. The number of aromatic amines is 1. The molecule has 0 fully saturated rings. The fourth-order valence-electron chi connectivity index (χ4n) is 1.86. The van der Waals surface area contributed by atoms with Crippen molar-refractivity contribution in [3.63, 3.8) is 0 Å². The molecule has 5 aromatic heterocycles. The highest BCUT2D eigenvalue weighted by Gasteiger charge is 2.28. The number of carbonyl (C=O) groups excluding carboxylic acids is 2. The first-order valence-electron chi connectivity index (χ1n) is 9.63. The van der Waals surface area contributed by atoms with Crippen molar-refractivity contribution in [2.45, 2.75) is 6.92 Å². The number of Topliss-reactive ketones (excluding diaryl/α,β-unsaturated/α-hetero) is 1. The number of hydrogen-bond acceptors (Lipinski definition) is 7. The lowest BCUT2D eigenvalue weighted by Gasteiger charge is -1.83. The van der Waals surface area contributed by atoms with Gasteiger partial charge in [-0.1, -0.05) is 48.5 Å². The molecule has 6 rings (SSSR count). The minimum absolute atomic E-state index is 0.366. The summed E-state index contributed by atoms with van der Waals surface area (Å²) in [6, 6.07) is 17.8. The van der Waals surface area contributed by atoms with Gasteiger partial charge in [-0.15, -0.1) is 0 Å². The molecule has 5 aromatic rings. The van der Waals surface area contributed by atoms with Gasteiger partial charge in [0, 0.05) is 13.1 Å². The predicted molar refractivity (Wildman–Crippen MR) is 144 cm³/mol. The van der Waals surface area contributed by atoms with Gasteiger partial charge in [-0.25, -0.2) is 0 Å². The fourth-order valence-corrected chi connectivity index (χ4v) is 3.68. The summed E-state index contributed by atoms with van der Waals surface area (Å²) in [5.41, 5.74) is 0.944. The van der Waals surface area contributed by atoms with Crippen LogP contribution in [-0.2, 0) is 9.59 Å². The maximum Gasteiger partial charge on any atom is 0.300 e. The van der Waals surface area contributed by atoms with Crippen LogP contribution in [0.5, 0.6) is 0 Å². The number of thiophene rings is 4. The van der Waals surface area contributed by atoms with E-state index in [1.807, 2.05) is 91.6 Å². The van der Waals surface area contributed by atoms with E-state index in [4.69, 9.17) is 9.90 Å². The Morgan fingerprint density at radius 2 is 1.03 bits per heavy atom. The van der Waals surface area contributed by atoms with Gasteiger partial charge in [-0.2, -0.15) is 45.3 Å². The first-order chi connectivity index (χ1) is 16.5. The summed E-state index contributed by atoms with van der Waals surface area (Å²) in [6.45, 7) is 1.08. The molecule has 1 aliphatic rings. The number of aliphatic carboxylic acids is 1. The van der Waals surface area contributed by atoms with Crippen molar-refractivity contribution in [3.8, 4) is 0 Å². The SMILES string of the molecule is CC(=O)O.O=C1Nc2cc[nH]c2C1=O.c1ccsc1.c1ccsc1.c1ccsc1.c1ccsc1. The molecule has 0 spiro atoms. The lowest BCUT2D eigenvalue weighted by atomic mass is 10.3. The lowest BCUT2D eigenvalue weighted by Crippen LogP contribution is -2.13. The normalized spacial score (nSPS) is 9.91. The Hall–Kier alpha value is -3.31. The number of carboxylic acids is 1. The summed E-state index contributed by atoms with van der Waals surface area (Å²) in [4.78, 5) is 33.1. The summed E-state index contributed by atoms with van der Waals surface area (Å²) in [5, 5.41) is 26.2. The highest BCUT2D eigenvalue weighted by molar-refractivity contribution is 7.08. The Morgan fingerprint density at radius 3 is 1.26 bits per heavy atom. The average Bonchev–Trinajstić information content (AvgIpc) is 3.67. The molecule has 0 unspecified atom stereocenters. The monoisotopic (exact) mass is 532 g/mol. The second-order valence-electron chi connectivity index (χ2n) is 5.74. The third-order valence-electron chi connectivity index (χ3n) is 3.13. The molecule has 0 radical (unpaired) electrons. The van der Waals surface area contributed by atoms with Crippen LogP contribution in [0, 0.1) is 0 Å². The first kappa shape index (κ1) is 28.7. The predicted octanol–water partition coefficient (Wildman–Crippen LogP) is 7.23. The summed E-state index contributed by atoms with van der Waals surface area (Å²) in [7, 11) is 0. The minimum atomic E-state index is -0.833. The number of hydrogen-bond donors (Lipinski definition) is 3. The molecular weight excluding hydrogens is 509 g/mol. The molecule has 34 heavy (non-hydrogen) atoms. The number of anilines is 1. The van der Waals surface area contributed by atoms with Crippen LogP contribution >= 0.6 is 45.3 Å². The van der Waals surface area contributed by atoms with Crippen LogP contribution in [0.1, 0.15) is 17.4 Å². The van der Waals surface area contributed by atoms with Crippen LogP contribution in [0.4, 0.5) is 5.69 Å². The number of fused-ring (bicyclic) bond motifs is 1. The fraction of sp³-hybridized carbons (Fsp3) is 0.0417. The first-order valence-corrected chi connectivity index (χ1v) is 13.4. The molecule has 6 nitrogen and oxygen atoms in total. The van der Waals surface area contributed by atoms with Gasteiger partial charge in [0.1, 0.15) is 5.69 Å². The molecule has 0 bridgehead atoms. The van der Waals surface area contributed by atoms with E-state index in [0.717, 1.165) is 6.92 Å². The molecule has 1 amide bonds. The van der Waals surface area contributed by atoms with Crippen LogP contribution in [0.15, 0.2) is 104 Å². The highest BCUT2D eigenvalue weighted by atomic mass is 32.1. The molecule has 10 heteroatoms. The maximum absolute atomic E-state index is 10.8. The standard InChI is InChI=1S/C6H4N2O2.4C4H4S.C2H4O2/c9-5-4-3(1-2-7-4)8-6(5)10;4*1-2-4-5-3-1;1-2(3)4/h1-2,7H,(H,8,9,10);4*1-4H;1H3,(H,3,4). The Bertz CT molecular complexity index is 924. The highest BCUT2D eigenvalue weighted by Crippen LogP contribution is 2.19. The molecule has 0 atom stereocenters. The molecule has 1 aliphatic heterocycles. The number of rotatable bonds is 0. The van der Waals surface area contributed by atoms with Crippen LogP contribution in [-0.4, -0.2) is 27.8 Å². The van der Waals surface area contributed by atoms with Crippen molar-refractivity contribution >= 4 is 68.7 Å². The molecule has 0 saturated heterocycles. The number of carbonyl (C=O) groups is 3. The van der Waals surface area contributed by atoms with Gasteiger partial charge in [0.25, 0.3) is 17.7 Å². The topological polar surface area (TPSA) is 99.3 Å². The number of H-pyrrole nitrogens is 1. The number of nitrogens with one attached hydrogen (secondary N) is 2. The quantitative estimate of drug-likeness (QED) is 0.183. The van der Waals surface area contributed by atoms with E-state index in [9.17, 15) is 9.59 Å². The minimum Gasteiger partial charge on any atom is -0.481 e. The van der Waals surface area contributed by atoms with Gasteiger partial charge in [0.15, 0.2) is 0 Å². The summed E-state index contributed by atoms with van der Waals surface area (Å²) in [5.74, 6) is -1.87. The van der Waals surface area contributed by atoms with Gasteiger partial charge in [0.2, 0.25) is 0 Å². The maximum atomic E-state index is 10.8. The number of amides is 1. The van der Waals surface area contributed by atoms with Crippen molar-refractivity contribution in [2.75, 3.05) is 5.32 Å². The van der Waals surface area contributed by atoms with Crippen molar-refractivity contribution in [1.82, 2.24) is 4.98 Å². The molecule has 0 saturated carbocycles. The number of carboxylic acid groups (broad SMARTS) is 1. The molecule has 3 N–H and O–H groups in total. The zero-order valence-electron chi connectivity index (χ0n) is 18.2. The number of aromatic nitrogens is 1. The Kier molecular flexibility index (Phi) is 16.2. The van der Waals surface area contributed by atoms with Gasteiger partial charge in [0.05, 0.1) is 5.69 Å². The van der Waals surface area contributed by atoms with E-state index in [1.54, 1.807) is 57.6 Å². The van der Waals surface area contributed by atoms with E-state index < -0.39 is 17.7 Å². The second-order valence-corrected chi connectivity index (χ2v) is 9.01. The van der Waals surface area contributed by atoms with Crippen LogP contribution < -0.4 is 5.32 Å². The van der Waals surface area contributed by atoms with Crippen molar-refractivity contribution in [1.29, 1.82) is 0 Å². The van der Waals surface area contributed by atoms with Gasteiger partial charge >= 0.3 is 0 Å². The van der Waals surface area contributed by atoms with Gasteiger partial charge < -0.3 is 15.4 Å². The molecule has 0 aromatic carbocycles. The smallest absolute Gasteiger partial charge is 0.300 e. The average molecular weight is 533 g/mol. The van der Waals surface area contributed by atoms with Crippen LogP contribution in [0.3, 0.4) is 0 Å². The van der Waals surface area contributed by atoms with E-state index in [1.165, 1.54) is 0 Å². The van der Waals surface area contributed by atoms with Crippen LogP contribution in [0.2, 0.25) is 0 Å². The Labute approximate surface area is 214 Å². The van der Waals surface area contributed by atoms with E-state index >= 15 is 0 Å². The largest absolute Gasteiger partial charge is 0.481 e. The van der Waals surface area contributed by atoms with Crippen molar-refractivity contribution in [3.05, 3.63) is 110 Å². The summed E-state index contributed by atoms with van der Waals surface area (Å²) < 4.78 is 0. The third kappa shape index (κ3) is 14.7. The molecule has 0 aliphatic carbocycles. The van der Waals surface area contributed by atoms with Gasteiger partial charge in [-0.3, -0.25) is 14.4 Å². The number of ketones is 1. The zero-order valence-corrected chi connectivity index (χ0v) is 21.5. The molecule has 6 heterocycles. The Morgan fingerprint density at radius 1 is 0.706 bits per heavy atom. The van der Waals surface area contributed by atoms with E-state index in [0.29, 0.717) is 11.4 Å². The van der Waals surface area contributed by atoms with Gasteiger partial charge in [-0.05, 0) is 49.1 Å². The van der Waals surface area contributed by atoms with E-state index in [-0.39, 0.29) is 0 Å². The lowest BCUT2D eigenvalue weighted by molar-refractivity contribution is -0.134. The van der Waals surface area contributed by atoms with Crippen LogP contribution in [0.25, 0.3) is 0 Å². The van der Waals surface area contributed by atoms with Crippen molar-refractivity contribution in [2.24, 2.45) is 0 Å². The molecular formula is C24H24N2O4S4.